The third kappa shape index (κ3) is 2.71. The van der Waals surface area contributed by atoms with Crippen LogP contribution in [0.15, 0.2) is 0 Å². The molecule has 1 N–H and O–H groups in total. The van der Waals surface area contributed by atoms with Crippen molar-refractivity contribution < 1.29 is 8.42 Å². The molecule has 0 bridgehead atoms. The van der Waals surface area contributed by atoms with E-state index in [0.29, 0.717) is 18.3 Å². The van der Waals surface area contributed by atoms with Crippen molar-refractivity contribution in [2.45, 2.75) is 19.4 Å². The van der Waals surface area contributed by atoms with Crippen molar-refractivity contribution in [3.8, 4) is 0 Å². The number of nitrogens with one attached hydrogen (secondary N) is 1. The van der Waals surface area contributed by atoms with E-state index in [4.69, 9.17) is 0 Å². The van der Waals surface area contributed by atoms with Crippen molar-refractivity contribution >= 4 is 9.84 Å². The molecule has 4 nitrogen and oxygen atoms in total. The first kappa shape index (κ1) is 11.4. The van der Waals surface area contributed by atoms with Crippen LogP contribution in [0.1, 0.15) is 13.3 Å². The summed E-state index contributed by atoms with van der Waals surface area (Å²) in [6.07, 6.45) is 1.25. The van der Waals surface area contributed by atoms with Crippen molar-refractivity contribution in [1.29, 1.82) is 0 Å². The van der Waals surface area contributed by atoms with Gasteiger partial charge in [0.05, 0.1) is 5.75 Å². The van der Waals surface area contributed by atoms with E-state index in [1.165, 1.54) is 6.42 Å². The first-order valence-corrected chi connectivity index (χ1v) is 7.59. The molecule has 88 valence electrons. The SMILES string of the molecule is CCS(=O)(=O)CCN1C[C@@H]2CCN[C@@H]2C1. The average Bonchev–Trinajstić information content (AvgIpc) is 2.74. The summed E-state index contributed by atoms with van der Waals surface area (Å²) in [5.74, 6) is 1.35. The third-order valence-corrected chi connectivity index (χ3v) is 5.28. The van der Waals surface area contributed by atoms with Gasteiger partial charge in [0.2, 0.25) is 0 Å². The number of likely N-dealkylation sites (tertiary alicyclic amines) is 1. The molecule has 2 aliphatic rings. The Bertz CT molecular complexity index is 303. The van der Waals surface area contributed by atoms with E-state index >= 15 is 0 Å². The molecule has 2 aliphatic heterocycles. The number of rotatable bonds is 4. The molecule has 2 heterocycles. The lowest BCUT2D eigenvalue weighted by Gasteiger charge is -2.16. The Morgan fingerprint density at radius 2 is 2.20 bits per heavy atom. The van der Waals surface area contributed by atoms with Crippen molar-refractivity contribution in [2.75, 3.05) is 37.7 Å². The number of fused-ring (bicyclic) bond motifs is 1. The average molecular weight is 232 g/mol. The molecule has 5 heteroatoms. The summed E-state index contributed by atoms with van der Waals surface area (Å²) in [5, 5.41) is 3.47. The fourth-order valence-corrected chi connectivity index (χ4v) is 3.36. The maximum Gasteiger partial charge on any atom is 0.151 e. The van der Waals surface area contributed by atoms with E-state index in [9.17, 15) is 8.42 Å². The van der Waals surface area contributed by atoms with E-state index < -0.39 is 9.84 Å². The van der Waals surface area contributed by atoms with Crippen LogP contribution in [0, 0.1) is 5.92 Å². The second-order valence-corrected chi connectivity index (χ2v) is 7.08. The van der Waals surface area contributed by atoms with Gasteiger partial charge in [-0.15, -0.1) is 0 Å². The van der Waals surface area contributed by atoms with Crippen LogP contribution in [-0.4, -0.2) is 57.0 Å². The van der Waals surface area contributed by atoms with Crippen LogP contribution in [0.5, 0.6) is 0 Å². The molecule has 0 aromatic heterocycles. The molecule has 0 aromatic carbocycles. The van der Waals surface area contributed by atoms with Gasteiger partial charge in [-0.25, -0.2) is 8.42 Å². The summed E-state index contributed by atoms with van der Waals surface area (Å²) in [6, 6.07) is 0.620. The Morgan fingerprint density at radius 3 is 2.87 bits per heavy atom. The summed E-state index contributed by atoms with van der Waals surface area (Å²) in [7, 11) is -2.79. The molecule has 2 fully saturated rings. The summed E-state index contributed by atoms with van der Waals surface area (Å²) in [6.45, 7) is 5.68. The van der Waals surface area contributed by atoms with E-state index in [-0.39, 0.29) is 5.75 Å². The van der Waals surface area contributed by atoms with Crippen molar-refractivity contribution in [1.82, 2.24) is 10.2 Å². The molecule has 0 radical (unpaired) electrons. The van der Waals surface area contributed by atoms with Gasteiger partial charge in [0.15, 0.2) is 9.84 Å². The minimum atomic E-state index is -2.79. The fraction of sp³-hybridized carbons (Fsp3) is 1.00. The van der Waals surface area contributed by atoms with Gasteiger partial charge in [0, 0.05) is 31.4 Å². The summed E-state index contributed by atoms with van der Waals surface area (Å²) in [5.41, 5.74) is 0. The first-order chi connectivity index (χ1) is 7.11. The van der Waals surface area contributed by atoms with E-state index in [0.717, 1.165) is 25.6 Å². The highest BCUT2D eigenvalue weighted by atomic mass is 32.2. The maximum atomic E-state index is 11.4. The van der Waals surface area contributed by atoms with Gasteiger partial charge in [-0.3, -0.25) is 0 Å². The molecule has 0 unspecified atom stereocenters. The number of sulfone groups is 1. The van der Waals surface area contributed by atoms with Crippen LogP contribution in [0.2, 0.25) is 0 Å². The monoisotopic (exact) mass is 232 g/mol. The minimum absolute atomic E-state index is 0.270. The van der Waals surface area contributed by atoms with Crippen molar-refractivity contribution in [3.05, 3.63) is 0 Å². The summed E-state index contributed by atoms with van der Waals surface area (Å²) in [4.78, 5) is 2.29. The van der Waals surface area contributed by atoms with Gasteiger partial charge in [-0.2, -0.15) is 0 Å². The zero-order valence-electron chi connectivity index (χ0n) is 9.28. The van der Waals surface area contributed by atoms with Crippen LogP contribution >= 0.6 is 0 Å². The molecular formula is C10H20N2O2S. The molecule has 15 heavy (non-hydrogen) atoms. The zero-order valence-corrected chi connectivity index (χ0v) is 10.1. The highest BCUT2D eigenvalue weighted by molar-refractivity contribution is 7.91. The highest BCUT2D eigenvalue weighted by Gasteiger charge is 2.35. The largest absolute Gasteiger partial charge is 0.312 e. The van der Waals surface area contributed by atoms with Gasteiger partial charge in [0.1, 0.15) is 0 Å². The number of hydrogen-bond donors (Lipinski definition) is 1. The summed E-state index contributed by atoms with van der Waals surface area (Å²) >= 11 is 0. The quantitative estimate of drug-likeness (QED) is 0.724. The topological polar surface area (TPSA) is 49.4 Å². The predicted molar refractivity (Wildman–Crippen MR) is 60.7 cm³/mol. The molecule has 0 spiro atoms. The minimum Gasteiger partial charge on any atom is -0.312 e. The molecule has 2 rings (SSSR count). The lowest BCUT2D eigenvalue weighted by Crippen LogP contribution is -2.33. The second kappa shape index (κ2) is 4.39. The smallest absolute Gasteiger partial charge is 0.151 e. The Kier molecular flexibility index (Phi) is 3.33. The zero-order chi connectivity index (χ0) is 10.9. The van der Waals surface area contributed by atoms with Crippen LogP contribution in [0.25, 0.3) is 0 Å². The van der Waals surface area contributed by atoms with E-state index in [1.807, 2.05) is 0 Å². The molecule has 2 saturated heterocycles. The Morgan fingerprint density at radius 1 is 1.40 bits per heavy atom. The second-order valence-electron chi connectivity index (χ2n) is 4.61. The Balaban J connectivity index is 1.78. The van der Waals surface area contributed by atoms with Crippen LogP contribution in [-0.2, 0) is 9.84 Å². The summed E-state index contributed by atoms with van der Waals surface area (Å²) < 4.78 is 22.7. The third-order valence-electron chi connectivity index (χ3n) is 3.60. The number of nitrogens with zero attached hydrogens (tertiary/aromatic N) is 1. The lowest BCUT2D eigenvalue weighted by molar-refractivity contribution is 0.332. The lowest BCUT2D eigenvalue weighted by atomic mass is 10.1. The van der Waals surface area contributed by atoms with Crippen LogP contribution < -0.4 is 5.32 Å². The fourth-order valence-electron chi connectivity index (χ4n) is 2.53. The molecule has 0 amide bonds. The van der Waals surface area contributed by atoms with Gasteiger partial charge >= 0.3 is 0 Å². The predicted octanol–water partition coefficient (Wildman–Crippen LogP) is -0.285. The Hall–Kier alpha value is -0.130. The molecule has 2 atom stereocenters. The van der Waals surface area contributed by atoms with Crippen LogP contribution in [0.4, 0.5) is 0 Å². The van der Waals surface area contributed by atoms with Gasteiger partial charge in [-0.05, 0) is 18.9 Å². The van der Waals surface area contributed by atoms with Crippen molar-refractivity contribution in [3.63, 3.8) is 0 Å². The maximum absolute atomic E-state index is 11.4. The van der Waals surface area contributed by atoms with Crippen LogP contribution in [0.3, 0.4) is 0 Å². The number of hydrogen-bond acceptors (Lipinski definition) is 4. The molecular weight excluding hydrogens is 212 g/mol. The molecule has 0 aliphatic carbocycles. The molecule has 0 aromatic rings. The van der Waals surface area contributed by atoms with E-state index in [1.54, 1.807) is 6.92 Å². The molecule has 0 saturated carbocycles. The van der Waals surface area contributed by atoms with E-state index in [2.05, 4.69) is 10.2 Å². The van der Waals surface area contributed by atoms with Gasteiger partial charge in [0.25, 0.3) is 0 Å². The first-order valence-electron chi connectivity index (χ1n) is 5.77. The van der Waals surface area contributed by atoms with Crippen molar-refractivity contribution in [2.24, 2.45) is 5.92 Å². The normalized spacial score (nSPS) is 32.1. The Labute approximate surface area is 91.9 Å². The standard InChI is InChI=1S/C10H20N2O2S/c1-2-15(13,14)6-5-12-7-9-3-4-11-10(9)8-12/h9-11H,2-8H2,1H3/t9-,10+/m0/s1. The van der Waals surface area contributed by atoms with Gasteiger partial charge < -0.3 is 10.2 Å². The van der Waals surface area contributed by atoms with Gasteiger partial charge in [-0.1, -0.05) is 6.92 Å². The highest BCUT2D eigenvalue weighted by Crippen LogP contribution is 2.24.